The first-order valence-electron chi connectivity index (χ1n) is 12.7. The maximum absolute atomic E-state index is 5.98. The second-order valence-electron chi connectivity index (χ2n) is 9.42. The average Bonchev–Trinajstić information content (AvgIpc) is 2.93. The van der Waals surface area contributed by atoms with Crippen LogP contribution in [0.4, 0.5) is 11.4 Å². The highest BCUT2D eigenvalue weighted by Crippen LogP contribution is 2.30. The Kier molecular flexibility index (Phi) is 7.98. The summed E-state index contributed by atoms with van der Waals surface area (Å²) in [5, 5.41) is 14.9. The van der Waals surface area contributed by atoms with Crippen molar-refractivity contribution in [2.24, 2.45) is 11.8 Å². The third-order valence-electron chi connectivity index (χ3n) is 7.20. The fourth-order valence-corrected chi connectivity index (χ4v) is 5.20. The maximum atomic E-state index is 5.98. The molecule has 6 unspecified atom stereocenters. The molecule has 0 saturated heterocycles. The molecule has 3 aliphatic rings. The van der Waals surface area contributed by atoms with Crippen LogP contribution in [0.25, 0.3) is 0 Å². The minimum absolute atomic E-state index is 0.118. The average molecular weight is 485 g/mol. The molecule has 36 heavy (non-hydrogen) atoms. The van der Waals surface area contributed by atoms with Gasteiger partial charge in [-0.2, -0.15) is 0 Å². The molecule has 1 aliphatic heterocycles. The number of nitrogens with one attached hydrogen (secondary N) is 4. The summed E-state index contributed by atoms with van der Waals surface area (Å²) in [6.07, 6.45) is 16.9. The molecular weight excluding hydrogens is 448 g/mol. The van der Waals surface area contributed by atoms with Gasteiger partial charge in [-0.1, -0.05) is 85.0 Å². The number of fused-ring (bicyclic) bond motifs is 4. The van der Waals surface area contributed by atoms with Crippen molar-refractivity contribution in [3.8, 4) is 0 Å². The van der Waals surface area contributed by atoms with Crippen molar-refractivity contribution in [3.05, 3.63) is 108 Å². The summed E-state index contributed by atoms with van der Waals surface area (Å²) in [5.41, 5.74) is 4.34. The van der Waals surface area contributed by atoms with Crippen molar-refractivity contribution in [2.45, 2.75) is 24.5 Å². The van der Waals surface area contributed by atoms with E-state index in [0.29, 0.717) is 0 Å². The zero-order valence-corrected chi connectivity index (χ0v) is 20.9. The van der Waals surface area contributed by atoms with E-state index in [4.69, 9.17) is 9.47 Å². The van der Waals surface area contributed by atoms with Gasteiger partial charge in [0.15, 0.2) is 0 Å². The zero-order chi connectivity index (χ0) is 24.7. The van der Waals surface area contributed by atoms with Gasteiger partial charge in [0.1, 0.15) is 12.5 Å². The van der Waals surface area contributed by atoms with Gasteiger partial charge >= 0.3 is 0 Å². The van der Waals surface area contributed by atoms with E-state index in [9.17, 15) is 0 Å². The molecule has 6 atom stereocenters. The highest BCUT2D eigenvalue weighted by Gasteiger charge is 2.27. The van der Waals surface area contributed by atoms with Crippen LogP contribution in [0.3, 0.4) is 0 Å². The molecule has 0 radical (unpaired) electrons. The number of hydrogen-bond donors (Lipinski definition) is 4. The first-order chi connectivity index (χ1) is 17.8. The SMILES string of the molecule is COC1NC2C=CC=CC2CNc2ccccc2C(OC)NC2C=CC=CC2CNc2ccccc21. The Morgan fingerprint density at radius 3 is 1.44 bits per heavy atom. The third-order valence-corrected chi connectivity index (χ3v) is 7.20. The molecule has 0 bridgehead atoms. The van der Waals surface area contributed by atoms with Gasteiger partial charge in [0.25, 0.3) is 0 Å². The lowest BCUT2D eigenvalue weighted by Crippen LogP contribution is -2.42. The fourth-order valence-electron chi connectivity index (χ4n) is 5.20. The standard InChI is InChI=1S/C30H36N4O2/c1-35-29-23-13-5-9-17-27(23)31-20-22-12-4-8-16-26(22)34-30(36-2)24-14-6-10-18-28(24)32-19-21-11-3-7-15-25(21)33-29/h3-18,21-22,25-26,29-34H,19-20H2,1-2H3. The molecule has 2 aliphatic carbocycles. The molecule has 188 valence electrons. The van der Waals surface area contributed by atoms with Gasteiger partial charge in [-0.3, -0.25) is 10.6 Å². The molecular formula is C30H36N4O2. The Morgan fingerprint density at radius 2 is 1.00 bits per heavy atom. The van der Waals surface area contributed by atoms with E-state index in [0.717, 1.165) is 35.6 Å². The molecule has 1 heterocycles. The van der Waals surface area contributed by atoms with Crippen molar-refractivity contribution in [1.82, 2.24) is 10.6 Å². The Hall–Kier alpha value is -3.16. The van der Waals surface area contributed by atoms with Crippen LogP contribution in [-0.2, 0) is 9.47 Å². The van der Waals surface area contributed by atoms with E-state index in [1.165, 1.54) is 0 Å². The zero-order valence-electron chi connectivity index (χ0n) is 20.9. The Morgan fingerprint density at radius 1 is 0.583 bits per heavy atom. The van der Waals surface area contributed by atoms with Crippen LogP contribution >= 0.6 is 0 Å². The molecule has 2 aromatic rings. The molecule has 2 aromatic carbocycles. The molecule has 0 fully saturated rings. The van der Waals surface area contributed by atoms with Gasteiger partial charge in [-0.15, -0.1) is 0 Å². The van der Waals surface area contributed by atoms with E-state index < -0.39 is 0 Å². The predicted molar refractivity (Wildman–Crippen MR) is 147 cm³/mol. The van der Waals surface area contributed by atoms with Crippen LogP contribution < -0.4 is 21.3 Å². The van der Waals surface area contributed by atoms with E-state index in [-0.39, 0.29) is 36.4 Å². The maximum Gasteiger partial charge on any atom is 0.136 e. The minimum Gasteiger partial charge on any atom is -0.384 e. The number of para-hydroxylation sites is 2. The Bertz CT molecular complexity index is 1050. The molecule has 0 saturated carbocycles. The first kappa shape index (κ1) is 24.5. The van der Waals surface area contributed by atoms with Gasteiger partial charge in [-0.25, -0.2) is 0 Å². The van der Waals surface area contributed by atoms with E-state index >= 15 is 0 Å². The summed E-state index contributed by atoms with van der Waals surface area (Å²) in [7, 11) is 3.52. The number of allylic oxidation sites excluding steroid dienone is 4. The lowest BCUT2D eigenvalue weighted by molar-refractivity contribution is 0.0629. The summed E-state index contributed by atoms with van der Waals surface area (Å²) >= 11 is 0. The van der Waals surface area contributed by atoms with E-state index in [1.54, 1.807) is 14.2 Å². The number of benzene rings is 2. The van der Waals surface area contributed by atoms with Gasteiger partial charge in [0.05, 0.1) is 0 Å². The molecule has 6 nitrogen and oxygen atoms in total. The van der Waals surface area contributed by atoms with Gasteiger partial charge in [0.2, 0.25) is 0 Å². The molecule has 0 amide bonds. The van der Waals surface area contributed by atoms with Crippen molar-refractivity contribution in [2.75, 3.05) is 37.9 Å². The molecule has 0 aromatic heterocycles. The first-order valence-corrected chi connectivity index (χ1v) is 12.7. The third kappa shape index (κ3) is 5.47. The summed E-state index contributed by atoms with van der Waals surface area (Å²) in [4.78, 5) is 0. The molecule has 4 N–H and O–H groups in total. The summed E-state index contributed by atoms with van der Waals surface area (Å²) < 4.78 is 12.0. The van der Waals surface area contributed by atoms with Crippen molar-refractivity contribution >= 4 is 11.4 Å². The summed E-state index contributed by atoms with van der Waals surface area (Å²) in [5.74, 6) is 0.497. The monoisotopic (exact) mass is 484 g/mol. The van der Waals surface area contributed by atoms with Crippen LogP contribution in [0, 0.1) is 11.8 Å². The number of anilines is 2. The second-order valence-corrected chi connectivity index (χ2v) is 9.42. The summed E-state index contributed by atoms with van der Waals surface area (Å²) in [6.45, 7) is 1.55. The topological polar surface area (TPSA) is 66.6 Å². The Balaban J connectivity index is 1.51. The van der Waals surface area contributed by atoms with E-state index in [2.05, 4.69) is 118 Å². The van der Waals surface area contributed by atoms with Gasteiger partial charge in [0, 0.05) is 73.7 Å². The number of ether oxygens (including phenoxy) is 2. The van der Waals surface area contributed by atoms with Gasteiger partial charge in [-0.05, 0) is 12.1 Å². The molecule has 5 rings (SSSR count). The number of methoxy groups -OCH3 is 2. The number of hydrogen-bond acceptors (Lipinski definition) is 6. The summed E-state index contributed by atoms with van der Waals surface area (Å²) in [6, 6.07) is 17.0. The minimum atomic E-state index is -0.244. The predicted octanol–water partition coefficient (Wildman–Crippen LogP) is 4.92. The van der Waals surface area contributed by atoms with E-state index in [1.807, 2.05) is 0 Å². The lowest BCUT2D eigenvalue weighted by Gasteiger charge is -2.33. The normalized spacial score (nSPS) is 29.7. The smallest absolute Gasteiger partial charge is 0.136 e. The quantitative estimate of drug-likeness (QED) is 0.486. The van der Waals surface area contributed by atoms with Crippen molar-refractivity contribution < 1.29 is 9.47 Å². The molecule has 0 spiro atoms. The lowest BCUT2D eigenvalue weighted by atomic mass is 9.93. The van der Waals surface area contributed by atoms with Crippen LogP contribution in [0.1, 0.15) is 23.6 Å². The van der Waals surface area contributed by atoms with Crippen molar-refractivity contribution in [3.63, 3.8) is 0 Å². The van der Waals surface area contributed by atoms with Gasteiger partial charge < -0.3 is 20.1 Å². The van der Waals surface area contributed by atoms with Crippen LogP contribution in [0.15, 0.2) is 97.1 Å². The van der Waals surface area contributed by atoms with Crippen LogP contribution in [0.5, 0.6) is 0 Å². The second kappa shape index (κ2) is 11.7. The van der Waals surface area contributed by atoms with Crippen LogP contribution in [0.2, 0.25) is 0 Å². The highest BCUT2D eigenvalue weighted by atomic mass is 16.5. The highest BCUT2D eigenvalue weighted by molar-refractivity contribution is 5.54. The van der Waals surface area contributed by atoms with Crippen LogP contribution in [-0.4, -0.2) is 39.4 Å². The largest absolute Gasteiger partial charge is 0.384 e. The fraction of sp³-hybridized carbons (Fsp3) is 0.333. The molecule has 6 heteroatoms. The Labute approximate surface area is 214 Å². The van der Waals surface area contributed by atoms with Crippen molar-refractivity contribution in [1.29, 1.82) is 0 Å². The number of rotatable bonds is 2.